The van der Waals surface area contributed by atoms with Crippen LogP contribution in [0, 0.1) is 0 Å². The predicted molar refractivity (Wildman–Crippen MR) is 110 cm³/mol. The van der Waals surface area contributed by atoms with Crippen molar-refractivity contribution in [3.8, 4) is 11.1 Å². The maximum absolute atomic E-state index is 12.6. The molecule has 1 aliphatic carbocycles. The van der Waals surface area contributed by atoms with Crippen LogP contribution in [-0.2, 0) is 9.53 Å². The number of carbonyl (C=O) groups excluding carboxylic acids is 1. The van der Waals surface area contributed by atoms with E-state index >= 15 is 0 Å². The van der Waals surface area contributed by atoms with Crippen LogP contribution in [0.3, 0.4) is 0 Å². The predicted octanol–water partition coefficient (Wildman–Crippen LogP) is 3.48. The summed E-state index contributed by atoms with van der Waals surface area (Å²) >= 11 is 0. The van der Waals surface area contributed by atoms with Gasteiger partial charge in [-0.05, 0) is 36.1 Å². The molecule has 0 unspecified atom stereocenters. The van der Waals surface area contributed by atoms with Crippen LogP contribution in [0.1, 0.15) is 30.9 Å². The second-order valence-corrected chi connectivity index (χ2v) is 7.11. The summed E-state index contributed by atoms with van der Waals surface area (Å²) in [6.45, 7) is 3.33. The topological polar surface area (TPSA) is 92.9 Å². The fraction of sp³-hybridized carbons (Fsp3) is 0.333. The quantitative estimate of drug-likeness (QED) is 0.768. The number of ether oxygens (including phenoxy) is 1. The molecule has 0 atom stereocenters. The first-order chi connectivity index (χ1) is 12.9. The van der Waals surface area contributed by atoms with Gasteiger partial charge in [-0.2, -0.15) is 0 Å². The van der Waals surface area contributed by atoms with E-state index in [1.54, 1.807) is 0 Å². The van der Waals surface area contributed by atoms with Crippen molar-refractivity contribution in [3.05, 3.63) is 59.7 Å². The van der Waals surface area contributed by atoms with Gasteiger partial charge in [0.05, 0.1) is 0 Å². The average molecular weight is 405 g/mol. The van der Waals surface area contributed by atoms with Crippen LogP contribution in [0.4, 0.5) is 4.79 Å². The van der Waals surface area contributed by atoms with Gasteiger partial charge in [-0.15, -0.1) is 12.4 Å². The maximum Gasteiger partial charge on any atom is 0.410 e. The van der Waals surface area contributed by atoms with E-state index in [0.717, 1.165) is 22.3 Å². The van der Waals surface area contributed by atoms with Crippen molar-refractivity contribution < 1.29 is 19.4 Å². The van der Waals surface area contributed by atoms with Crippen LogP contribution < -0.4 is 5.73 Å². The van der Waals surface area contributed by atoms with Crippen LogP contribution in [0.25, 0.3) is 11.1 Å². The summed E-state index contributed by atoms with van der Waals surface area (Å²) in [6.07, 6.45) is -0.672. The average Bonchev–Trinajstić information content (AvgIpc) is 2.98. The van der Waals surface area contributed by atoms with E-state index in [9.17, 15) is 14.7 Å². The Morgan fingerprint density at radius 3 is 2.04 bits per heavy atom. The van der Waals surface area contributed by atoms with Gasteiger partial charge in [-0.25, -0.2) is 9.59 Å². The first kappa shape index (κ1) is 21.7. The Morgan fingerprint density at radius 2 is 1.57 bits per heavy atom. The van der Waals surface area contributed by atoms with Crippen molar-refractivity contribution in [1.29, 1.82) is 0 Å². The molecule has 0 spiro atoms. The molecular formula is C21H25ClN2O4. The Labute approximate surface area is 170 Å². The van der Waals surface area contributed by atoms with Crippen molar-refractivity contribution in [3.63, 3.8) is 0 Å². The standard InChI is InChI=1S/C21H24N2O4.ClH/c1-21(2,19(24)25)23(12-11-22)20(26)27-13-18-16-9-5-3-7-14(16)15-8-4-6-10-17(15)18;/h3-10,18H,11-13,22H2,1-2H3,(H,24,25);1H. The molecule has 0 saturated carbocycles. The zero-order valence-electron chi connectivity index (χ0n) is 15.9. The Morgan fingerprint density at radius 1 is 1.07 bits per heavy atom. The minimum absolute atomic E-state index is 0. The molecule has 0 aliphatic heterocycles. The van der Waals surface area contributed by atoms with Crippen LogP contribution in [0.2, 0.25) is 0 Å². The molecule has 7 heteroatoms. The van der Waals surface area contributed by atoms with E-state index in [0.29, 0.717) is 0 Å². The number of carboxylic acid groups (broad SMARTS) is 1. The molecule has 0 aromatic heterocycles. The Kier molecular flexibility index (Phi) is 6.69. The zero-order chi connectivity index (χ0) is 19.6. The molecule has 0 radical (unpaired) electrons. The SMILES string of the molecule is CC(C)(C(=O)O)N(CCN)C(=O)OCC1c2ccccc2-c2ccccc21.Cl. The molecule has 28 heavy (non-hydrogen) atoms. The molecule has 3 rings (SSSR count). The third-order valence-corrected chi connectivity index (χ3v) is 5.11. The van der Waals surface area contributed by atoms with E-state index in [-0.39, 0.29) is 38.0 Å². The van der Waals surface area contributed by atoms with Crippen molar-refractivity contribution in [1.82, 2.24) is 4.90 Å². The van der Waals surface area contributed by atoms with Gasteiger partial charge in [-0.1, -0.05) is 48.5 Å². The molecule has 0 fully saturated rings. The minimum Gasteiger partial charge on any atom is -0.480 e. The summed E-state index contributed by atoms with van der Waals surface area (Å²) in [7, 11) is 0. The zero-order valence-corrected chi connectivity index (χ0v) is 16.7. The van der Waals surface area contributed by atoms with Gasteiger partial charge >= 0.3 is 12.1 Å². The largest absolute Gasteiger partial charge is 0.480 e. The van der Waals surface area contributed by atoms with Gasteiger partial charge in [0.15, 0.2) is 0 Å². The molecule has 1 aliphatic rings. The van der Waals surface area contributed by atoms with Gasteiger partial charge < -0.3 is 15.6 Å². The summed E-state index contributed by atoms with van der Waals surface area (Å²) in [6, 6.07) is 16.1. The lowest BCUT2D eigenvalue weighted by atomic mass is 9.98. The van der Waals surface area contributed by atoms with Gasteiger partial charge in [0.25, 0.3) is 0 Å². The number of hydrogen-bond donors (Lipinski definition) is 2. The number of halogens is 1. The molecular weight excluding hydrogens is 380 g/mol. The Hall–Kier alpha value is -2.57. The summed E-state index contributed by atoms with van der Waals surface area (Å²) in [5.74, 6) is -1.18. The Bertz CT molecular complexity index is 823. The van der Waals surface area contributed by atoms with Crippen molar-refractivity contribution in [2.75, 3.05) is 19.7 Å². The number of aliphatic carboxylic acids is 1. The highest BCUT2D eigenvalue weighted by molar-refractivity contribution is 5.85. The van der Waals surface area contributed by atoms with Crippen LogP contribution in [0.15, 0.2) is 48.5 Å². The highest BCUT2D eigenvalue weighted by atomic mass is 35.5. The number of nitrogens with two attached hydrogens (primary N) is 1. The van der Waals surface area contributed by atoms with E-state index in [4.69, 9.17) is 10.5 Å². The second-order valence-electron chi connectivity index (χ2n) is 7.11. The number of fused-ring (bicyclic) bond motifs is 3. The number of amides is 1. The third-order valence-electron chi connectivity index (χ3n) is 5.11. The molecule has 2 aromatic carbocycles. The number of nitrogens with zero attached hydrogens (tertiary/aromatic N) is 1. The maximum atomic E-state index is 12.6. The number of carboxylic acids is 1. The van der Waals surface area contributed by atoms with Crippen LogP contribution in [0.5, 0.6) is 0 Å². The fourth-order valence-corrected chi connectivity index (χ4v) is 3.52. The Balaban J connectivity index is 0.00000280. The summed E-state index contributed by atoms with van der Waals surface area (Å²) in [5, 5.41) is 9.44. The molecule has 3 N–H and O–H groups in total. The van der Waals surface area contributed by atoms with E-state index in [2.05, 4.69) is 12.1 Å². The van der Waals surface area contributed by atoms with E-state index < -0.39 is 17.6 Å². The number of rotatable bonds is 6. The molecule has 6 nitrogen and oxygen atoms in total. The molecule has 2 aromatic rings. The number of carbonyl (C=O) groups is 2. The smallest absolute Gasteiger partial charge is 0.410 e. The van der Waals surface area contributed by atoms with Crippen LogP contribution in [-0.4, -0.2) is 47.3 Å². The van der Waals surface area contributed by atoms with E-state index in [1.807, 2.05) is 36.4 Å². The highest BCUT2D eigenvalue weighted by Gasteiger charge is 2.39. The molecule has 0 saturated heterocycles. The molecule has 150 valence electrons. The summed E-state index contributed by atoms with van der Waals surface area (Å²) in [4.78, 5) is 25.4. The van der Waals surface area contributed by atoms with Gasteiger partial charge in [0.1, 0.15) is 12.1 Å². The van der Waals surface area contributed by atoms with Gasteiger partial charge in [0, 0.05) is 19.0 Å². The van der Waals surface area contributed by atoms with Crippen LogP contribution >= 0.6 is 12.4 Å². The normalized spacial score (nSPS) is 12.5. The van der Waals surface area contributed by atoms with Gasteiger partial charge in [0.2, 0.25) is 0 Å². The summed E-state index contributed by atoms with van der Waals surface area (Å²) in [5.41, 5.74) is 8.65. The highest BCUT2D eigenvalue weighted by Crippen LogP contribution is 2.44. The second kappa shape index (κ2) is 8.63. The number of hydrogen-bond acceptors (Lipinski definition) is 4. The lowest BCUT2D eigenvalue weighted by Gasteiger charge is -2.34. The third kappa shape index (κ3) is 3.84. The number of benzene rings is 2. The van der Waals surface area contributed by atoms with Crippen molar-refractivity contribution in [2.24, 2.45) is 5.73 Å². The molecule has 1 amide bonds. The van der Waals surface area contributed by atoms with Crippen molar-refractivity contribution >= 4 is 24.5 Å². The van der Waals surface area contributed by atoms with E-state index in [1.165, 1.54) is 18.7 Å². The molecule has 0 heterocycles. The lowest BCUT2D eigenvalue weighted by molar-refractivity contribution is -0.148. The monoisotopic (exact) mass is 404 g/mol. The lowest BCUT2D eigenvalue weighted by Crippen LogP contribution is -2.54. The van der Waals surface area contributed by atoms with Gasteiger partial charge in [-0.3, -0.25) is 4.90 Å². The fourth-order valence-electron chi connectivity index (χ4n) is 3.52. The minimum atomic E-state index is -1.40. The summed E-state index contributed by atoms with van der Waals surface area (Å²) < 4.78 is 5.56. The molecule has 0 bridgehead atoms. The first-order valence-corrected chi connectivity index (χ1v) is 8.94. The first-order valence-electron chi connectivity index (χ1n) is 8.94. The van der Waals surface area contributed by atoms with Crippen molar-refractivity contribution in [2.45, 2.75) is 25.3 Å².